The lowest BCUT2D eigenvalue weighted by atomic mass is 10.0. The minimum absolute atomic E-state index is 0.161. The Balaban J connectivity index is 1.75. The molecule has 0 spiro atoms. The van der Waals surface area contributed by atoms with Crippen LogP contribution < -0.4 is 5.73 Å². The van der Waals surface area contributed by atoms with E-state index in [9.17, 15) is 0 Å². The summed E-state index contributed by atoms with van der Waals surface area (Å²) in [5.41, 5.74) is 11.6. The zero-order valence-corrected chi connectivity index (χ0v) is 18.4. The molecule has 0 amide bonds. The van der Waals surface area contributed by atoms with Gasteiger partial charge in [-0.3, -0.25) is 0 Å². The van der Waals surface area contributed by atoms with Gasteiger partial charge in [0.25, 0.3) is 0 Å². The quantitative estimate of drug-likeness (QED) is 0.405. The maximum atomic E-state index is 5.64. The van der Waals surface area contributed by atoms with Crippen LogP contribution in [0.5, 0.6) is 0 Å². The highest BCUT2D eigenvalue weighted by Gasteiger charge is 2.24. The molecule has 0 bridgehead atoms. The van der Waals surface area contributed by atoms with E-state index in [1.165, 1.54) is 0 Å². The Kier molecular flexibility index (Phi) is 4.55. The number of benzene rings is 2. The van der Waals surface area contributed by atoms with Crippen LogP contribution in [-0.4, -0.2) is 24.5 Å². The van der Waals surface area contributed by atoms with Crippen LogP contribution in [0.2, 0.25) is 0 Å². The van der Waals surface area contributed by atoms with Crippen LogP contribution in [0, 0.1) is 0 Å². The van der Waals surface area contributed by atoms with Crippen molar-refractivity contribution in [2.24, 2.45) is 0 Å². The number of imidazole rings is 1. The van der Waals surface area contributed by atoms with Gasteiger partial charge in [-0.15, -0.1) is 11.3 Å². The number of hydrogen-bond acceptors (Lipinski definition) is 6. The molecule has 3 heterocycles. The van der Waals surface area contributed by atoms with Crippen molar-refractivity contribution < 1.29 is 0 Å². The number of anilines is 1. The summed E-state index contributed by atoms with van der Waals surface area (Å²) in [4.78, 5) is 17.9. The molecule has 5 aromatic rings. The van der Waals surface area contributed by atoms with Crippen molar-refractivity contribution in [2.45, 2.75) is 26.3 Å². The summed E-state index contributed by atoms with van der Waals surface area (Å²) < 4.78 is 2.30. The van der Waals surface area contributed by atoms with Gasteiger partial charge in [0.1, 0.15) is 10.8 Å². The Bertz CT molecular complexity index is 1360. The topological polar surface area (TPSA) is 82.5 Å². The highest BCUT2D eigenvalue weighted by Crippen LogP contribution is 2.38. The first-order chi connectivity index (χ1) is 14.9. The lowest BCUT2D eigenvalue weighted by Crippen LogP contribution is -2.22. The molecule has 0 atom stereocenters. The second-order valence-corrected chi connectivity index (χ2v) is 9.25. The first kappa shape index (κ1) is 19.4. The molecule has 0 aliphatic heterocycles. The average molecular weight is 427 g/mol. The Labute approximate surface area is 184 Å². The number of fused-ring (bicyclic) bond motifs is 1. The summed E-state index contributed by atoms with van der Waals surface area (Å²) >= 11 is 1.63. The maximum Gasteiger partial charge on any atom is 0.219 e. The first-order valence-corrected chi connectivity index (χ1v) is 10.9. The predicted molar refractivity (Wildman–Crippen MR) is 127 cm³/mol. The third kappa shape index (κ3) is 3.47. The van der Waals surface area contributed by atoms with E-state index in [-0.39, 0.29) is 11.5 Å². The Morgan fingerprint density at radius 3 is 2.32 bits per heavy atom. The zero-order chi connectivity index (χ0) is 21.6. The van der Waals surface area contributed by atoms with Gasteiger partial charge in [-0.05, 0) is 38.5 Å². The summed E-state index contributed by atoms with van der Waals surface area (Å²) in [5.74, 6) is 1.20. The Morgan fingerprint density at radius 2 is 1.65 bits per heavy atom. The van der Waals surface area contributed by atoms with E-state index in [1.54, 1.807) is 23.7 Å². The number of nitrogen functional groups attached to an aromatic ring is 1. The van der Waals surface area contributed by atoms with E-state index in [2.05, 4.69) is 76.7 Å². The lowest BCUT2D eigenvalue weighted by Gasteiger charge is -2.25. The number of thiazole rings is 1. The molecule has 154 valence electrons. The van der Waals surface area contributed by atoms with Gasteiger partial charge in [-0.2, -0.15) is 0 Å². The summed E-state index contributed by atoms with van der Waals surface area (Å²) in [6, 6.07) is 14.6. The van der Waals surface area contributed by atoms with Crippen molar-refractivity contribution in [2.75, 3.05) is 5.73 Å². The Morgan fingerprint density at radius 1 is 0.903 bits per heavy atom. The molecule has 0 saturated heterocycles. The van der Waals surface area contributed by atoms with Crippen molar-refractivity contribution >= 4 is 28.3 Å². The van der Waals surface area contributed by atoms with Crippen LogP contribution in [0.1, 0.15) is 20.8 Å². The monoisotopic (exact) mass is 426 g/mol. The standard InChI is InChI=1S/C24H22N6S/c1-24(2,3)30-20-9-8-15(16-13-27-23(25)28-14-16)12-19(20)29-21(30)17-6-4-5-7-18(17)22-26-10-11-31-22/h4-14H,1-3H3,(H2,25,27,28). The fraction of sp³-hybridized carbons (Fsp3) is 0.167. The Hall–Kier alpha value is -3.58. The third-order valence-corrected chi connectivity index (χ3v) is 5.97. The largest absolute Gasteiger partial charge is 0.368 e. The van der Waals surface area contributed by atoms with Crippen LogP contribution in [0.4, 0.5) is 5.95 Å². The molecule has 2 aromatic carbocycles. The molecule has 0 fully saturated rings. The number of rotatable bonds is 3. The minimum atomic E-state index is -0.161. The minimum Gasteiger partial charge on any atom is -0.368 e. The SMILES string of the molecule is CC(C)(C)n1c(-c2ccccc2-c2nccs2)nc2cc(-c3cnc(N)nc3)ccc21. The van der Waals surface area contributed by atoms with Crippen LogP contribution in [0.3, 0.4) is 0 Å². The summed E-state index contributed by atoms with van der Waals surface area (Å²) in [7, 11) is 0. The van der Waals surface area contributed by atoms with Gasteiger partial charge in [0, 0.05) is 46.2 Å². The second-order valence-electron chi connectivity index (χ2n) is 8.36. The van der Waals surface area contributed by atoms with Crippen molar-refractivity contribution in [1.29, 1.82) is 0 Å². The third-order valence-electron chi connectivity index (χ3n) is 5.16. The summed E-state index contributed by atoms with van der Waals surface area (Å²) in [6.45, 7) is 6.60. The molecule has 6 nitrogen and oxygen atoms in total. The molecule has 5 rings (SSSR count). The zero-order valence-electron chi connectivity index (χ0n) is 17.6. The smallest absolute Gasteiger partial charge is 0.219 e. The number of aromatic nitrogens is 5. The van der Waals surface area contributed by atoms with E-state index in [0.717, 1.165) is 44.1 Å². The predicted octanol–water partition coefficient (Wildman–Crippen LogP) is 5.62. The van der Waals surface area contributed by atoms with Gasteiger partial charge in [0.15, 0.2) is 0 Å². The molecule has 0 aliphatic rings. The molecule has 0 unspecified atom stereocenters. The molecular weight excluding hydrogens is 404 g/mol. The van der Waals surface area contributed by atoms with Crippen molar-refractivity contribution in [3.8, 4) is 33.1 Å². The van der Waals surface area contributed by atoms with Gasteiger partial charge in [0.05, 0.1) is 11.0 Å². The van der Waals surface area contributed by atoms with Gasteiger partial charge in [-0.1, -0.05) is 30.3 Å². The fourth-order valence-electron chi connectivity index (χ4n) is 3.83. The highest BCUT2D eigenvalue weighted by atomic mass is 32.1. The van der Waals surface area contributed by atoms with Gasteiger partial charge < -0.3 is 10.3 Å². The van der Waals surface area contributed by atoms with Gasteiger partial charge >= 0.3 is 0 Å². The molecule has 0 saturated carbocycles. The first-order valence-electron chi connectivity index (χ1n) is 10.0. The second kappa shape index (κ2) is 7.28. The molecule has 3 aromatic heterocycles. The number of hydrogen-bond donors (Lipinski definition) is 1. The highest BCUT2D eigenvalue weighted by molar-refractivity contribution is 7.13. The van der Waals surface area contributed by atoms with Crippen molar-refractivity contribution in [3.05, 3.63) is 66.4 Å². The molecule has 7 heteroatoms. The summed E-state index contributed by atoms with van der Waals surface area (Å²) in [5, 5.41) is 2.99. The fourth-order valence-corrected chi connectivity index (χ4v) is 4.51. The number of nitrogens with two attached hydrogens (primary N) is 1. The van der Waals surface area contributed by atoms with Crippen molar-refractivity contribution in [1.82, 2.24) is 24.5 Å². The van der Waals surface area contributed by atoms with E-state index in [0.29, 0.717) is 0 Å². The summed E-state index contributed by atoms with van der Waals surface area (Å²) in [6.07, 6.45) is 5.32. The van der Waals surface area contributed by atoms with E-state index in [1.807, 2.05) is 17.6 Å². The lowest BCUT2D eigenvalue weighted by molar-refractivity contribution is 0.413. The van der Waals surface area contributed by atoms with Crippen LogP contribution in [0.25, 0.3) is 44.1 Å². The average Bonchev–Trinajstić information content (AvgIpc) is 3.41. The van der Waals surface area contributed by atoms with Crippen LogP contribution >= 0.6 is 11.3 Å². The van der Waals surface area contributed by atoms with E-state index < -0.39 is 0 Å². The maximum absolute atomic E-state index is 5.64. The molecule has 0 aliphatic carbocycles. The van der Waals surface area contributed by atoms with Crippen molar-refractivity contribution in [3.63, 3.8) is 0 Å². The van der Waals surface area contributed by atoms with E-state index in [4.69, 9.17) is 10.7 Å². The molecule has 2 N–H and O–H groups in total. The van der Waals surface area contributed by atoms with Crippen LogP contribution in [0.15, 0.2) is 66.4 Å². The van der Waals surface area contributed by atoms with Gasteiger partial charge in [-0.25, -0.2) is 19.9 Å². The molecular formula is C24H22N6S. The number of nitrogens with zero attached hydrogens (tertiary/aromatic N) is 5. The van der Waals surface area contributed by atoms with Crippen LogP contribution in [-0.2, 0) is 5.54 Å². The molecule has 31 heavy (non-hydrogen) atoms. The van der Waals surface area contributed by atoms with Gasteiger partial charge in [0.2, 0.25) is 5.95 Å². The normalized spacial score (nSPS) is 11.8. The molecule has 0 radical (unpaired) electrons. The van der Waals surface area contributed by atoms with E-state index >= 15 is 0 Å².